The molecular formula is C5H7F3O5. The van der Waals surface area contributed by atoms with Crippen LogP contribution >= 0.6 is 0 Å². The minimum absolute atomic E-state index is 0.604. The summed E-state index contributed by atoms with van der Waals surface area (Å²) in [5.41, 5.74) is 0. The van der Waals surface area contributed by atoms with Crippen LogP contribution in [0.2, 0.25) is 0 Å². The normalized spacial score (nSPS) is 38.1. The van der Waals surface area contributed by atoms with E-state index < -0.39 is 31.8 Å². The maximum Gasteiger partial charge on any atom is 0.492 e. The van der Waals surface area contributed by atoms with Gasteiger partial charge in [0, 0.05) is 0 Å². The summed E-state index contributed by atoms with van der Waals surface area (Å²) in [6.07, 6.45) is -6.78. The van der Waals surface area contributed by atoms with Crippen LogP contribution in [0.3, 0.4) is 0 Å². The first-order valence-electron chi connectivity index (χ1n) is 3.27. The number of ether oxygens (including phenoxy) is 3. The molecular weight excluding hydrogens is 197 g/mol. The van der Waals surface area contributed by atoms with E-state index in [1.54, 1.807) is 0 Å². The first-order chi connectivity index (χ1) is 5.90. The fraction of sp³-hybridized carbons (Fsp3) is 1.00. The van der Waals surface area contributed by atoms with Crippen LogP contribution in [-0.4, -0.2) is 42.1 Å². The molecule has 2 N–H and O–H groups in total. The van der Waals surface area contributed by atoms with Gasteiger partial charge in [-0.3, -0.25) is 4.74 Å². The Labute approximate surface area is 70.6 Å². The molecule has 0 spiro atoms. The Balaban J connectivity index is 2.58. The molecule has 0 aliphatic carbocycles. The van der Waals surface area contributed by atoms with Crippen LogP contribution in [0, 0.1) is 0 Å². The number of hydrogen-bond donors (Lipinski definition) is 2. The number of rotatable bonds is 3. The molecule has 1 saturated heterocycles. The number of aliphatic hydroxyl groups excluding tert-OH is 2. The van der Waals surface area contributed by atoms with Gasteiger partial charge >= 0.3 is 12.3 Å². The summed E-state index contributed by atoms with van der Waals surface area (Å²) in [7, 11) is 0. The van der Waals surface area contributed by atoms with Gasteiger partial charge in [-0.2, -0.15) is 4.39 Å². The lowest BCUT2D eigenvalue weighted by atomic mass is 10.5. The Bertz CT molecular complexity index is 189. The van der Waals surface area contributed by atoms with Crippen molar-refractivity contribution in [1.29, 1.82) is 0 Å². The average molecular weight is 204 g/mol. The van der Waals surface area contributed by atoms with Gasteiger partial charge in [-0.1, -0.05) is 0 Å². The Morgan fingerprint density at radius 3 is 2.38 bits per heavy atom. The molecule has 1 aliphatic heterocycles. The molecule has 0 aromatic rings. The van der Waals surface area contributed by atoms with Crippen molar-refractivity contribution in [2.45, 2.75) is 18.6 Å². The Hall–Kier alpha value is -0.410. The third kappa shape index (κ3) is 2.29. The molecule has 1 rings (SSSR count). The lowest BCUT2D eigenvalue weighted by molar-refractivity contribution is -0.408. The molecule has 0 amide bonds. The molecule has 1 fully saturated rings. The van der Waals surface area contributed by atoms with E-state index in [9.17, 15) is 13.2 Å². The van der Waals surface area contributed by atoms with Crippen molar-refractivity contribution in [1.82, 2.24) is 0 Å². The van der Waals surface area contributed by atoms with Gasteiger partial charge in [0.05, 0.1) is 13.2 Å². The second kappa shape index (κ2) is 3.39. The fourth-order valence-corrected chi connectivity index (χ4v) is 0.722. The van der Waals surface area contributed by atoms with Crippen molar-refractivity contribution >= 4 is 0 Å². The number of halogens is 3. The molecule has 1 heterocycles. The molecule has 5 nitrogen and oxygen atoms in total. The highest BCUT2D eigenvalue weighted by atomic mass is 19.3. The zero-order valence-corrected chi connectivity index (χ0v) is 6.24. The summed E-state index contributed by atoms with van der Waals surface area (Å²) in [6, 6.07) is -3.44. The monoisotopic (exact) mass is 204 g/mol. The van der Waals surface area contributed by atoms with E-state index in [-0.39, 0.29) is 0 Å². The number of aliphatic hydroxyl groups is 2. The molecule has 0 aromatic carbocycles. The van der Waals surface area contributed by atoms with E-state index in [1.807, 2.05) is 0 Å². The summed E-state index contributed by atoms with van der Waals surface area (Å²) in [4.78, 5) is 0. The summed E-state index contributed by atoms with van der Waals surface area (Å²) >= 11 is 0. The minimum Gasteiger partial charge on any atom is -0.394 e. The van der Waals surface area contributed by atoms with E-state index in [2.05, 4.69) is 14.2 Å². The van der Waals surface area contributed by atoms with Gasteiger partial charge in [0.2, 0.25) is 0 Å². The first kappa shape index (κ1) is 10.7. The second-order valence-corrected chi connectivity index (χ2v) is 2.19. The van der Waals surface area contributed by atoms with E-state index >= 15 is 0 Å². The molecule has 0 saturated carbocycles. The second-order valence-electron chi connectivity index (χ2n) is 2.19. The van der Waals surface area contributed by atoms with Crippen molar-refractivity contribution < 1.29 is 37.6 Å². The van der Waals surface area contributed by atoms with Crippen LogP contribution in [0.1, 0.15) is 0 Å². The van der Waals surface area contributed by atoms with Crippen LogP contribution in [0.4, 0.5) is 13.2 Å². The predicted molar refractivity (Wildman–Crippen MR) is 30.0 cm³/mol. The zero-order valence-electron chi connectivity index (χ0n) is 6.24. The van der Waals surface area contributed by atoms with E-state index in [0.29, 0.717) is 0 Å². The Kier molecular flexibility index (Phi) is 2.78. The van der Waals surface area contributed by atoms with Crippen molar-refractivity contribution in [3.8, 4) is 0 Å². The summed E-state index contributed by atoms with van der Waals surface area (Å²) in [5, 5.41) is 16.8. The molecule has 0 bridgehead atoms. The summed E-state index contributed by atoms with van der Waals surface area (Å²) in [5.74, 6) is 0. The van der Waals surface area contributed by atoms with Gasteiger partial charge in [-0.15, -0.1) is 8.78 Å². The van der Waals surface area contributed by atoms with Gasteiger partial charge < -0.3 is 14.9 Å². The minimum atomic E-state index is -4.23. The molecule has 1 aliphatic rings. The van der Waals surface area contributed by atoms with Gasteiger partial charge in [0.15, 0.2) is 0 Å². The average Bonchev–Trinajstić information content (AvgIpc) is 2.18. The maximum absolute atomic E-state index is 13.0. The standard InChI is InChI=1S/C5H7F3O5/c6-4(11-2-1-9)3(10)12-5(7,8)13-4/h3,9-10H,1-2H2. The Morgan fingerprint density at radius 2 is 2.00 bits per heavy atom. The van der Waals surface area contributed by atoms with Crippen molar-refractivity contribution in [2.24, 2.45) is 0 Å². The highest BCUT2D eigenvalue weighted by Crippen LogP contribution is 2.39. The first-order valence-corrected chi connectivity index (χ1v) is 3.27. The van der Waals surface area contributed by atoms with Crippen LogP contribution < -0.4 is 0 Å². The van der Waals surface area contributed by atoms with Crippen LogP contribution in [-0.2, 0) is 14.2 Å². The third-order valence-corrected chi connectivity index (χ3v) is 1.19. The Morgan fingerprint density at radius 1 is 1.38 bits per heavy atom. The summed E-state index contributed by atoms with van der Waals surface area (Å²) in [6.45, 7) is -1.21. The van der Waals surface area contributed by atoms with Crippen molar-refractivity contribution in [3.63, 3.8) is 0 Å². The highest BCUT2D eigenvalue weighted by molar-refractivity contribution is 4.67. The van der Waals surface area contributed by atoms with Gasteiger partial charge in [-0.25, -0.2) is 4.74 Å². The lowest BCUT2D eigenvalue weighted by Crippen LogP contribution is -2.39. The van der Waals surface area contributed by atoms with Crippen molar-refractivity contribution in [2.75, 3.05) is 13.2 Å². The molecule has 0 radical (unpaired) electrons. The molecule has 8 heteroatoms. The highest BCUT2D eigenvalue weighted by Gasteiger charge is 2.61. The largest absolute Gasteiger partial charge is 0.492 e. The van der Waals surface area contributed by atoms with Gasteiger partial charge in [-0.05, 0) is 0 Å². The van der Waals surface area contributed by atoms with E-state index in [4.69, 9.17) is 10.2 Å². The SMILES string of the molecule is OCCOC1(F)OC(F)(F)OC1O. The molecule has 13 heavy (non-hydrogen) atoms. The lowest BCUT2D eigenvalue weighted by Gasteiger charge is -2.18. The van der Waals surface area contributed by atoms with Gasteiger partial charge in [0.1, 0.15) is 0 Å². The number of alkyl halides is 3. The fourth-order valence-electron chi connectivity index (χ4n) is 0.722. The topological polar surface area (TPSA) is 68.2 Å². The van der Waals surface area contributed by atoms with E-state index in [1.165, 1.54) is 0 Å². The maximum atomic E-state index is 13.0. The summed E-state index contributed by atoms with van der Waals surface area (Å²) < 4.78 is 48.0. The van der Waals surface area contributed by atoms with E-state index in [0.717, 1.165) is 0 Å². The molecule has 2 unspecified atom stereocenters. The van der Waals surface area contributed by atoms with Crippen LogP contribution in [0.25, 0.3) is 0 Å². The van der Waals surface area contributed by atoms with Crippen LogP contribution in [0.5, 0.6) is 0 Å². The smallest absolute Gasteiger partial charge is 0.394 e. The number of hydrogen-bond acceptors (Lipinski definition) is 5. The molecule has 0 aromatic heterocycles. The van der Waals surface area contributed by atoms with Crippen LogP contribution in [0.15, 0.2) is 0 Å². The zero-order chi connectivity index (χ0) is 10.1. The quantitative estimate of drug-likeness (QED) is 0.650. The van der Waals surface area contributed by atoms with Crippen molar-refractivity contribution in [3.05, 3.63) is 0 Å². The third-order valence-electron chi connectivity index (χ3n) is 1.19. The molecule has 78 valence electrons. The molecule has 2 atom stereocenters. The van der Waals surface area contributed by atoms with Gasteiger partial charge in [0.25, 0.3) is 6.29 Å². The predicted octanol–water partition coefficient (Wildman–Crippen LogP) is -0.466.